The van der Waals surface area contributed by atoms with Crippen molar-refractivity contribution in [1.82, 2.24) is 0 Å². The molecule has 0 bridgehead atoms. The Morgan fingerprint density at radius 2 is 2.12 bits per heavy atom. The van der Waals surface area contributed by atoms with Gasteiger partial charge in [0.15, 0.2) is 0 Å². The van der Waals surface area contributed by atoms with Crippen molar-refractivity contribution in [3.8, 4) is 6.07 Å². The standard InChI is InChI=1S/C14H20N2S/c1-5-9-16(11(2)3)13-7-6-8-14(17-4)12(13)10-15/h6-8,11H,5,9H2,1-4H3. The molecular weight excluding hydrogens is 228 g/mol. The topological polar surface area (TPSA) is 27.0 Å². The lowest BCUT2D eigenvalue weighted by atomic mass is 10.1. The predicted molar refractivity (Wildman–Crippen MR) is 75.7 cm³/mol. The predicted octanol–water partition coefficient (Wildman–Crippen LogP) is 3.90. The Morgan fingerprint density at radius 3 is 2.59 bits per heavy atom. The van der Waals surface area contributed by atoms with Crippen LogP contribution in [0.4, 0.5) is 5.69 Å². The second-order valence-electron chi connectivity index (χ2n) is 4.25. The van der Waals surface area contributed by atoms with Crippen LogP contribution in [0, 0.1) is 11.3 Å². The number of anilines is 1. The summed E-state index contributed by atoms with van der Waals surface area (Å²) in [6.45, 7) is 7.50. The van der Waals surface area contributed by atoms with Crippen molar-refractivity contribution in [3.05, 3.63) is 23.8 Å². The lowest BCUT2D eigenvalue weighted by Gasteiger charge is -2.30. The summed E-state index contributed by atoms with van der Waals surface area (Å²) in [7, 11) is 0. The van der Waals surface area contributed by atoms with Crippen LogP contribution in [0.1, 0.15) is 32.8 Å². The third-order valence-corrected chi connectivity index (χ3v) is 3.51. The van der Waals surface area contributed by atoms with Crippen molar-refractivity contribution in [2.45, 2.75) is 38.1 Å². The van der Waals surface area contributed by atoms with Crippen LogP contribution >= 0.6 is 11.8 Å². The second-order valence-corrected chi connectivity index (χ2v) is 5.10. The average molecular weight is 248 g/mol. The fourth-order valence-electron chi connectivity index (χ4n) is 1.94. The maximum Gasteiger partial charge on any atom is 0.103 e. The molecule has 0 saturated heterocycles. The summed E-state index contributed by atoms with van der Waals surface area (Å²) in [6, 6.07) is 8.86. The van der Waals surface area contributed by atoms with Gasteiger partial charge in [0.25, 0.3) is 0 Å². The number of hydrogen-bond donors (Lipinski definition) is 0. The van der Waals surface area contributed by atoms with Crippen LogP contribution < -0.4 is 4.90 Å². The van der Waals surface area contributed by atoms with Gasteiger partial charge in [0, 0.05) is 17.5 Å². The molecule has 1 rings (SSSR count). The molecule has 0 radical (unpaired) electrons. The van der Waals surface area contributed by atoms with E-state index in [1.54, 1.807) is 11.8 Å². The minimum Gasteiger partial charge on any atom is -0.368 e. The molecule has 17 heavy (non-hydrogen) atoms. The number of thioether (sulfide) groups is 1. The van der Waals surface area contributed by atoms with E-state index in [1.165, 1.54) is 0 Å². The van der Waals surface area contributed by atoms with Gasteiger partial charge in [-0.15, -0.1) is 11.8 Å². The molecule has 92 valence electrons. The lowest BCUT2D eigenvalue weighted by Crippen LogP contribution is -2.32. The van der Waals surface area contributed by atoms with Crippen LogP contribution in [-0.2, 0) is 0 Å². The molecule has 0 spiro atoms. The van der Waals surface area contributed by atoms with Gasteiger partial charge in [-0.05, 0) is 38.7 Å². The molecule has 0 aliphatic carbocycles. The molecule has 0 heterocycles. The Morgan fingerprint density at radius 1 is 1.41 bits per heavy atom. The van der Waals surface area contributed by atoms with Gasteiger partial charge in [0.05, 0.1) is 11.3 Å². The molecule has 0 saturated carbocycles. The molecule has 0 aliphatic heterocycles. The highest BCUT2D eigenvalue weighted by atomic mass is 32.2. The first-order chi connectivity index (χ1) is 8.15. The van der Waals surface area contributed by atoms with Crippen LogP contribution in [0.25, 0.3) is 0 Å². The fraction of sp³-hybridized carbons (Fsp3) is 0.500. The van der Waals surface area contributed by atoms with E-state index in [-0.39, 0.29) is 0 Å². The molecule has 0 atom stereocenters. The third kappa shape index (κ3) is 3.17. The van der Waals surface area contributed by atoms with E-state index < -0.39 is 0 Å². The first kappa shape index (κ1) is 13.9. The highest BCUT2D eigenvalue weighted by molar-refractivity contribution is 7.98. The van der Waals surface area contributed by atoms with E-state index in [2.05, 4.69) is 31.7 Å². The van der Waals surface area contributed by atoms with Crippen molar-refractivity contribution in [1.29, 1.82) is 5.26 Å². The van der Waals surface area contributed by atoms with Gasteiger partial charge in [0.1, 0.15) is 6.07 Å². The van der Waals surface area contributed by atoms with Gasteiger partial charge in [-0.2, -0.15) is 5.26 Å². The molecule has 0 N–H and O–H groups in total. The second kappa shape index (κ2) is 6.56. The monoisotopic (exact) mass is 248 g/mol. The zero-order valence-electron chi connectivity index (χ0n) is 11.0. The van der Waals surface area contributed by atoms with Crippen LogP contribution in [0.2, 0.25) is 0 Å². The molecule has 1 aromatic rings. The van der Waals surface area contributed by atoms with E-state index in [1.807, 2.05) is 24.5 Å². The zero-order valence-corrected chi connectivity index (χ0v) is 11.8. The van der Waals surface area contributed by atoms with Crippen molar-refractivity contribution < 1.29 is 0 Å². The Hall–Kier alpha value is -1.14. The van der Waals surface area contributed by atoms with Crippen molar-refractivity contribution in [2.75, 3.05) is 17.7 Å². The van der Waals surface area contributed by atoms with Gasteiger partial charge in [-0.25, -0.2) is 0 Å². The van der Waals surface area contributed by atoms with Gasteiger partial charge in [-0.3, -0.25) is 0 Å². The van der Waals surface area contributed by atoms with Crippen molar-refractivity contribution in [3.63, 3.8) is 0 Å². The highest BCUT2D eigenvalue weighted by Crippen LogP contribution is 2.30. The molecule has 0 amide bonds. The molecule has 0 aliphatic rings. The van der Waals surface area contributed by atoms with E-state index >= 15 is 0 Å². The molecular formula is C14H20N2S. The van der Waals surface area contributed by atoms with Gasteiger partial charge >= 0.3 is 0 Å². The number of rotatable bonds is 5. The summed E-state index contributed by atoms with van der Waals surface area (Å²) < 4.78 is 0. The van der Waals surface area contributed by atoms with E-state index in [0.29, 0.717) is 6.04 Å². The third-order valence-electron chi connectivity index (χ3n) is 2.73. The molecule has 0 fully saturated rings. The van der Waals surface area contributed by atoms with Gasteiger partial charge in [0.2, 0.25) is 0 Å². The normalized spacial score (nSPS) is 10.4. The molecule has 3 heteroatoms. The van der Waals surface area contributed by atoms with Gasteiger partial charge in [-0.1, -0.05) is 13.0 Å². The Kier molecular flexibility index (Phi) is 5.37. The molecule has 0 aromatic heterocycles. The minimum absolute atomic E-state index is 0.416. The van der Waals surface area contributed by atoms with E-state index in [4.69, 9.17) is 0 Å². The SMILES string of the molecule is CCCN(c1cccc(SC)c1C#N)C(C)C. The minimum atomic E-state index is 0.416. The zero-order chi connectivity index (χ0) is 12.8. The van der Waals surface area contributed by atoms with E-state index in [9.17, 15) is 5.26 Å². The van der Waals surface area contributed by atoms with E-state index in [0.717, 1.165) is 29.1 Å². The summed E-state index contributed by atoms with van der Waals surface area (Å²) in [6.07, 6.45) is 3.10. The number of nitrogens with zero attached hydrogens (tertiary/aromatic N) is 2. The maximum absolute atomic E-state index is 9.34. The molecule has 1 aromatic carbocycles. The molecule has 0 unspecified atom stereocenters. The van der Waals surface area contributed by atoms with Crippen LogP contribution in [0.15, 0.2) is 23.1 Å². The summed E-state index contributed by atoms with van der Waals surface area (Å²) in [5.41, 5.74) is 1.87. The average Bonchev–Trinajstić information content (AvgIpc) is 2.34. The van der Waals surface area contributed by atoms with Gasteiger partial charge < -0.3 is 4.90 Å². The Labute approximate surface area is 109 Å². The van der Waals surface area contributed by atoms with Crippen molar-refractivity contribution in [2.24, 2.45) is 0 Å². The molecule has 2 nitrogen and oxygen atoms in total. The maximum atomic E-state index is 9.34. The smallest absolute Gasteiger partial charge is 0.103 e. The fourth-order valence-corrected chi connectivity index (χ4v) is 2.51. The first-order valence-corrected chi connectivity index (χ1v) is 7.21. The summed E-state index contributed by atoms with van der Waals surface area (Å²) in [5.74, 6) is 0. The Balaban J connectivity index is 3.23. The van der Waals surface area contributed by atoms with Crippen LogP contribution in [-0.4, -0.2) is 18.8 Å². The van der Waals surface area contributed by atoms with Crippen LogP contribution in [0.5, 0.6) is 0 Å². The van der Waals surface area contributed by atoms with Crippen molar-refractivity contribution >= 4 is 17.4 Å². The number of hydrogen-bond acceptors (Lipinski definition) is 3. The quantitative estimate of drug-likeness (QED) is 0.739. The van der Waals surface area contributed by atoms with Crippen LogP contribution in [0.3, 0.4) is 0 Å². The largest absolute Gasteiger partial charge is 0.368 e. The highest BCUT2D eigenvalue weighted by Gasteiger charge is 2.15. The lowest BCUT2D eigenvalue weighted by molar-refractivity contribution is 0.669. The summed E-state index contributed by atoms with van der Waals surface area (Å²) >= 11 is 1.63. The number of nitriles is 1. The first-order valence-electron chi connectivity index (χ1n) is 5.99. The summed E-state index contributed by atoms with van der Waals surface area (Å²) in [4.78, 5) is 3.37. The Bertz CT molecular complexity index is 407. The summed E-state index contributed by atoms with van der Waals surface area (Å²) in [5, 5.41) is 9.34. The number of benzene rings is 1.